The second kappa shape index (κ2) is 9.37. The number of hydrogen-bond donors (Lipinski definition) is 1. The summed E-state index contributed by atoms with van der Waals surface area (Å²) in [6, 6.07) is 0. The van der Waals surface area contributed by atoms with E-state index in [1.807, 2.05) is 48.5 Å². The van der Waals surface area contributed by atoms with Gasteiger partial charge in [0.2, 0.25) is 11.8 Å². The highest BCUT2D eigenvalue weighted by atomic mass is 16.2. The van der Waals surface area contributed by atoms with Crippen molar-refractivity contribution in [1.82, 2.24) is 5.32 Å². The summed E-state index contributed by atoms with van der Waals surface area (Å²) in [6.45, 7) is 13.9. The van der Waals surface area contributed by atoms with E-state index < -0.39 is 0 Å². The molecule has 0 spiro atoms. The van der Waals surface area contributed by atoms with Gasteiger partial charge < -0.3 is 0 Å². The number of hydrogen-bond acceptors (Lipinski definition) is 2. The summed E-state index contributed by atoms with van der Waals surface area (Å²) < 4.78 is 0. The van der Waals surface area contributed by atoms with Crippen LogP contribution in [-0.2, 0) is 9.59 Å². The number of nitrogens with one attached hydrogen (secondary N) is 1. The van der Waals surface area contributed by atoms with Crippen molar-refractivity contribution in [3.8, 4) is 0 Å². The first-order valence-electron chi connectivity index (χ1n) is 6.36. The molecule has 1 N–H and O–H groups in total. The molecule has 1 saturated heterocycles. The molecule has 3 unspecified atom stereocenters. The van der Waals surface area contributed by atoms with Crippen LogP contribution in [0.3, 0.4) is 0 Å². The first kappa shape index (κ1) is 17.5. The zero-order chi connectivity index (χ0) is 13.3. The third-order valence-electron chi connectivity index (χ3n) is 2.87. The molecule has 1 fully saturated rings. The lowest BCUT2D eigenvalue weighted by Gasteiger charge is -2.19. The summed E-state index contributed by atoms with van der Waals surface area (Å²) in [7, 11) is 0. The fourth-order valence-corrected chi connectivity index (χ4v) is 1.51. The number of amides is 2. The molecular weight excluding hydrogens is 202 g/mol. The Labute approximate surface area is 100.0 Å². The quantitative estimate of drug-likeness (QED) is 0.649. The average molecular weight is 229 g/mol. The topological polar surface area (TPSA) is 46.2 Å². The molecule has 2 amide bonds. The van der Waals surface area contributed by atoms with E-state index in [1.165, 1.54) is 0 Å². The van der Waals surface area contributed by atoms with Gasteiger partial charge in [0.05, 0.1) is 0 Å². The fourth-order valence-electron chi connectivity index (χ4n) is 1.51. The zero-order valence-electron chi connectivity index (χ0n) is 11.8. The Morgan fingerprint density at radius 2 is 1.44 bits per heavy atom. The lowest BCUT2D eigenvalue weighted by molar-refractivity contribution is -0.131. The molecular formula is C13H27NO2. The van der Waals surface area contributed by atoms with E-state index in [-0.39, 0.29) is 23.7 Å². The third kappa shape index (κ3) is 5.29. The van der Waals surface area contributed by atoms with Crippen molar-refractivity contribution >= 4 is 11.8 Å². The standard InChI is InChI=1S/C9H15NO2.2C2H6/c1-5-4-8(11)10-9(12)7(3)6(5)2;2*1-2/h5-7H,4H2,1-3H3,(H,10,11,12);2*1-2H3. The van der Waals surface area contributed by atoms with Crippen LogP contribution < -0.4 is 5.32 Å². The second-order valence-electron chi connectivity index (χ2n) is 3.74. The van der Waals surface area contributed by atoms with Crippen molar-refractivity contribution in [2.24, 2.45) is 17.8 Å². The Hall–Kier alpha value is -0.860. The van der Waals surface area contributed by atoms with Gasteiger partial charge in [-0.2, -0.15) is 0 Å². The van der Waals surface area contributed by atoms with Crippen molar-refractivity contribution in [3.63, 3.8) is 0 Å². The SMILES string of the molecule is CC.CC.CC1CC(=O)NC(=O)C(C)C1C. The highest BCUT2D eigenvalue weighted by molar-refractivity contribution is 5.97. The maximum atomic E-state index is 11.2. The van der Waals surface area contributed by atoms with Crippen LogP contribution in [0.1, 0.15) is 54.9 Å². The van der Waals surface area contributed by atoms with Gasteiger partial charge in [-0.05, 0) is 11.8 Å². The molecule has 3 atom stereocenters. The summed E-state index contributed by atoms with van der Waals surface area (Å²) in [4.78, 5) is 22.3. The second-order valence-corrected chi connectivity index (χ2v) is 3.74. The molecule has 96 valence electrons. The van der Waals surface area contributed by atoms with E-state index in [4.69, 9.17) is 0 Å². The van der Waals surface area contributed by atoms with Crippen molar-refractivity contribution in [1.29, 1.82) is 0 Å². The van der Waals surface area contributed by atoms with Gasteiger partial charge in [0.1, 0.15) is 0 Å². The molecule has 16 heavy (non-hydrogen) atoms. The zero-order valence-corrected chi connectivity index (χ0v) is 11.8. The summed E-state index contributed by atoms with van der Waals surface area (Å²) in [5, 5.41) is 2.37. The van der Waals surface area contributed by atoms with Gasteiger partial charge >= 0.3 is 0 Å². The van der Waals surface area contributed by atoms with Crippen LogP contribution in [0, 0.1) is 17.8 Å². The van der Waals surface area contributed by atoms with Gasteiger partial charge in [-0.15, -0.1) is 0 Å². The molecule has 0 aromatic carbocycles. The summed E-state index contributed by atoms with van der Waals surface area (Å²) in [5.41, 5.74) is 0. The molecule has 0 bridgehead atoms. The van der Waals surface area contributed by atoms with Crippen LogP contribution in [0.5, 0.6) is 0 Å². The van der Waals surface area contributed by atoms with Crippen LogP contribution >= 0.6 is 0 Å². The van der Waals surface area contributed by atoms with Crippen LogP contribution in [0.2, 0.25) is 0 Å². The van der Waals surface area contributed by atoms with Crippen LogP contribution in [-0.4, -0.2) is 11.8 Å². The van der Waals surface area contributed by atoms with Gasteiger partial charge in [-0.25, -0.2) is 0 Å². The molecule has 3 nitrogen and oxygen atoms in total. The smallest absolute Gasteiger partial charge is 0.229 e. The minimum Gasteiger partial charge on any atom is -0.296 e. The Balaban J connectivity index is 0. The molecule has 3 heteroatoms. The molecule has 0 radical (unpaired) electrons. The molecule has 0 aliphatic carbocycles. The third-order valence-corrected chi connectivity index (χ3v) is 2.87. The van der Waals surface area contributed by atoms with Gasteiger partial charge in [-0.3, -0.25) is 14.9 Å². The summed E-state index contributed by atoms with van der Waals surface area (Å²) >= 11 is 0. The molecule has 0 aromatic rings. The van der Waals surface area contributed by atoms with E-state index in [9.17, 15) is 9.59 Å². The Bertz CT molecular complexity index is 214. The maximum absolute atomic E-state index is 11.2. The van der Waals surface area contributed by atoms with Gasteiger partial charge in [-0.1, -0.05) is 48.5 Å². The van der Waals surface area contributed by atoms with Crippen LogP contribution in [0.25, 0.3) is 0 Å². The van der Waals surface area contributed by atoms with Crippen LogP contribution in [0.15, 0.2) is 0 Å². The fraction of sp³-hybridized carbons (Fsp3) is 0.846. The Morgan fingerprint density at radius 1 is 1.00 bits per heavy atom. The largest absolute Gasteiger partial charge is 0.296 e. The molecule has 1 aliphatic heterocycles. The van der Waals surface area contributed by atoms with Crippen molar-refractivity contribution in [2.75, 3.05) is 0 Å². The molecule has 1 rings (SSSR count). The summed E-state index contributed by atoms with van der Waals surface area (Å²) in [6.07, 6.45) is 0.469. The van der Waals surface area contributed by atoms with Gasteiger partial charge in [0.15, 0.2) is 0 Å². The normalized spacial score (nSPS) is 28.8. The Kier molecular flexibility index (Phi) is 10.3. The maximum Gasteiger partial charge on any atom is 0.229 e. The minimum absolute atomic E-state index is 0.0496. The lowest BCUT2D eigenvalue weighted by Crippen LogP contribution is -2.33. The first-order valence-corrected chi connectivity index (χ1v) is 6.36. The highest BCUT2D eigenvalue weighted by Crippen LogP contribution is 2.25. The minimum atomic E-state index is -0.135. The summed E-state index contributed by atoms with van der Waals surface area (Å²) in [5.74, 6) is 0.273. The predicted octanol–water partition coefficient (Wildman–Crippen LogP) is 2.99. The Morgan fingerprint density at radius 3 is 1.88 bits per heavy atom. The predicted molar refractivity (Wildman–Crippen MR) is 68.0 cm³/mol. The number of carbonyl (C=O) groups is 2. The lowest BCUT2D eigenvalue weighted by atomic mass is 9.84. The van der Waals surface area contributed by atoms with E-state index >= 15 is 0 Å². The van der Waals surface area contributed by atoms with Gasteiger partial charge in [0.25, 0.3) is 0 Å². The van der Waals surface area contributed by atoms with Crippen molar-refractivity contribution in [3.05, 3.63) is 0 Å². The van der Waals surface area contributed by atoms with Crippen LogP contribution in [0.4, 0.5) is 0 Å². The van der Waals surface area contributed by atoms with E-state index in [2.05, 4.69) is 5.32 Å². The monoisotopic (exact) mass is 229 g/mol. The van der Waals surface area contributed by atoms with Crippen molar-refractivity contribution in [2.45, 2.75) is 54.9 Å². The average Bonchev–Trinajstić information content (AvgIpc) is 2.38. The van der Waals surface area contributed by atoms with E-state index in [0.29, 0.717) is 12.3 Å². The number of carbonyl (C=O) groups excluding carboxylic acids is 2. The van der Waals surface area contributed by atoms with E-state index in [1.54, 1.807) is 0 Å². The first-order chi connectivity index (χ1) is 7.52. The molecule has 0 saturated carbocycles. The van der Waals surface area contributed by atoms with E-state index in [0.717, 1.165) is 0 Å². The number of rotatable bonds is 0. The van der Waals surface area contributed by atoms with Gasteiger partial charge in [0, 0.05) is 12.3 Å². The molecule has 1 heterocycles. The number of imide groups is 1. The molecule has 0 aromatic heterocycles. The molecule has 1 aliphatic rings. The van der Waals surface area contributed by atoms with Crippen molar-refractivity contribution < 1.29 is 9.59 Å². The highest BCUT2D eigenvalue weighted by Gasteiger charge is 2.30.